The highest BCUT2D eigenvalue weighted by atomic mass is 16.5. The number of hydrogen-bond donors (Lipinski definition) is 1. The van der Waals surface area contributed by atoms with E-state index >= 15 is 0 Å². The van der Waals surface area contributed by atoms with E-state index in [0.717, 1.165) is 13.0 Å². The smallest absolute Gasteiger partial charge is 0.225 e. The summed E-state index contributed by atoms with van der Waals surface area (Å²) in [7, 11) is 0. The third kappa shape index (κ3) is 2.69. The average Bonchev–Trinajstić information content (AvgIpc) is 2.33. The third-order valence-electron chi connectivity index (χ3n) is 2.32. The van der Waals surface area contributed by atoms with E-state index in [4.69, 9.17) is 4.74 Å². The van der Waals surface area contributed by atoms with Gasteiger partial charge in [-0.25, -0.2) is 0 Å². The number of ether oxygens (including phenoxy) is 1. The lowest BCUT2D eigenvalue weighted by molar-refractivity contribution is -0.130. The van der Waals surface area contributed by atoms with E-state index in [1.807, 2.05) is 27.7 Å². The van der Waals surface area contributed by atoms with Crippen LogP contribution in [0.4, 0.5) is 0 Å². The van der Waals surface area contributed by atoms with E-state index in [1.165, 1.54) is 0 Å². The maximum absolute atomic E-state index is 11.7. The van der Waals surface area contributed by atoms with Crippen LogP contribution in [-0.4, -0.2) is 24.7 Å². The summed E-state index contributed by atoms with van der Waals surface area (Å²) in [6, 6.07) is 0. The standard InChI is InChI=1S/C10H19NO2/c1-9(2,3)8(12)11-10(4)5-6-13-7-10/h5-7H2,1-4H3,(H,11,12). The zero-order valence-corrected chi connectivity index (χ0v) is 8.94. The van der Waals surface area contributed by atoms with Crippen molar-refractivity contribution in [2.45, 2.75) is 39.7 Å². The predicted octanol–water partition coefficient (Wildman–Crippen LogP) is 1.33. The first kappa shape index (κ1) is 10.5. The van der Waals surface area contributed by atoms with E-state index in [0.29, 0.717) is 6.61 Å². The van der Waals surface area contributed by atoms with Crippen molar-refractivity contribution < 1.29 is 9.53 Å². The Hall–Kier alpha value is -0.570. The molecular weight excluding hydrogens is 166 g/mol. The Morgan fingerprint density at radius 1 is 1.46 bits per heavy atom. The highest BCUT2D eigenvalue weighted by Gasteiger charge is 2.34. The summed E-state index contributed by atoms with van der Waals surface area (Å²) in [4.78, 5) is 11.7. The molecule has 1 amide bonds. The summed E-state index contributed by atoms with van der Waals surface area (Å²) in [6.07, 6.45) is 0.912. The van der Waals surface area contributed by atoms with Gasteiger partial charge in [0, 0.05) is 12.0 Å². The molecule has 3 heteroatoms. The zero-order chi connectivity index (χ0) is 10.1. The number of carbonyl (C=O) groups is 1. The van der Waals surface area contributed by atoms with Crippen LogP contribution in [0.2, 0.25) is 0 Å². The van der Waals surface area contributed by atoms with Crippen molar-refractivity contribution in [3.05, 3.63) is 0 Å². The monoisotopic (exact) mass is 185 g/mol. The van der Waals surface area contributed by atoms with E-state index in [2.05, 4.69) is 5.32 Å². The van der Waals surface area contributed by atoms with Crippen molar-refractivity contribution in [3.63, 3.8) is 0 Å². The molecule has 1 saturated heterocycles. The number of hydrogen-bond acceptors (Lipinski definition) is 2. The molecule has 3 nitrogen and oxygen atoms in total. The van der Waals surface area contributed by atoms with Gasteiger partial charge in [-0.2, -0.15) is 0 Å². The van der Waals surface area contributed by atoms with E-state index in [1.54, 1.807) is 0 Å². The Kier molecular flexibility index (Phi) is 2.66. The van der Waals surface area contributed by atoms with Gasteiger partial charge in [0.15, 0.2) is 0 Å². The molecule has 1 fully saturated rings. The van der Waals surface area contributed by atoms with Crippen LogP contribution >= 0.6 is 0 Å². The number of rotatable bonds is 1. The first-order valence-electron chi connectivity index (χ1n) is 4.74. The number of carbonyl (C=O) groups excluding carboxylic acids is 1. The van der Waals surface area contributed by atoms with Crippen LogP contribution in [0.1, 0.15) is 34.1 Å². The summed E-state index contributed by atoms with van der Waals surface area (Å²) in [5.74, 6) is 0.0977. The van der Waals surface area contributed by atoms with Gasteiger partial charge in [0.1, 0.15) is 0 Å². The molecule has 1 aliphatic heterocycles. The van der Waals surface area contributed by atoms with Crippen LogP contribution in [0.25, 0.3) is 0 Å². The van der Waals surface area contributed by atoms with Crippen molar-refractivity contribution in [1.82, 2.24) is 5.32 Å². The van der Waals surface area contributed by atoms with Gasteiger partial charge in [-0.3, -0.25) is 4.79 Å². The molecule has 76 valence electrons. The van der Waals surface area contributed by atoms with Crippen molar-refractivity contribution in [2.75, 3.05) is 13.2 Å². The van der Waals surface area contributed by atoms with Gasteiger partial charge in [0.2, 0.25) is 5.91 Å². The largest absolute Gasteiger partial charge is 0.379 e. The molecule has 0 saturated carbocycles. The highest BCUT2D eigenvalue weighted by molar-refractivity contribution is 5.82. The summed E-state index contributed by atoms with van der Waals surface area (Å²) in [6.45, 7) is 9.17. The lowest BCUT2D eigenvalue weighted by Crippen LogP contribution is -2.50. The molecule has 0 aromatic heterocycles. The van der Waals surface area contributed by atoms with Crippen LogP contribution in [0, 0.1) is 5.41 Å². The van der Waals surface area contributed by atoms with Crippen LogP contribution in [0.15, 0.2) is 0 Å². The summed E-state index contributed by atoms with van der Waals surface area (Å²) < 4.78 is 5.26. The second kappa shape index (κ2) is 3.29. The van der Waals surface area contributed by atoms with E-state index < -0.39 is 0 Å². The van der Waals surface area contributed by atoms with Crippen LogP contribution in [0.5, 0.6) is 0 Å². The molecule has 0 radical (unpaired) electrons. The first-order valence-corrected chi connectivity index (χ1v) is 4.74. The van der Waals surface area contributed by atoms with Crippen LogP contribution in [0.3, 0.4) is 0 Å². The minimum Gasteiger partial charge on any atom is -0.379 e. The van der Waals surface area contributed by atoms with E-state index in [-0.39, 0.29) is 16.9 Å². The minimum absolute atomic E-state index is 0.0977. The first-order chi connectivity index (χ1) is 5.83. The van der Waals surface area contributed by atoms with Crippen LogP contribution < -0.4 is 5.32 Å². The zero-order valence-electron chi connectivity index (χ0n) is 8.94. The summed E-state index contributed by atoms with van der Waals surface area (Å²) in [5, 5.41) is 3.03. The summed E-state index contributed by atoms with van der Waals surface area (Å²) in [5.41, 5.74) is -0.462. The molecule has 1 N–H and O–H groups in total. The topological polar surface area (TPSA) is 38.3 Å². The van der Waals surface area contributed by atoms with Gasteiger partial charge < -0.3 is 10.1 Å². The van der Waals surface area contributed by atoms with Gasteiger partial charge in [-0.1, -0.05) is 20.8 Å². The van der Waals surface area contributed by atoms with Crippen molar-refractivity contribution >= 4 is 5.91 Å². The number of amides is 1. The third-order valence-corrected chi connectivity index (χ3v) is 2.32. The Morgan fingerprint density at radius 2 is 2.08 bits per heavy atom. The lowest BCUT2D eigenvalue weighted by Gasteiger charge is -2.28. The van der Waals surface area contributed by atoms with Crippen molar-refractivity contribution in [3.8, 4) is 0 Å². The van der Waals surface area contributed by atoms with Gasteiger partial charge in [0.05, 0.1) is 12.1 Å². The molecule has 0 bridgehead atoms. The summed E-state index contributed by atoms with van der Waals surface area (Å²) >= 11 is 0. The average molecular weight is 185 g/mol. The molecule has 13 heavy (non-hydrogen) atoms. The SMILES string of the molecule is CC1(NC(=O)C(C)(C)C)CCOC1. The molecule has 1 unspecified atom stereocenters. The highest BCUT2D eigenvalue weighted by Crippen LogP contribution is 2.21. The molecule has 1 heterocycles. The number of nitrogens with one attached hydrogen (secondary N) is 1. The van der Waals surface area contributed by atoms with Gasteiger partial charge in [0.25, 0.3) is 0 Å². The normalized spacial score (nSPS) is 28.9. The maximum atomic E-state index is 11.7. The Labute approximate surface area is 79.8 Å². The fraction of sp³-hybridized carbons (Fsp3) is 0.900. The minimum atomic E-state index is -0.314. The molecule has 0 spiro atoms. The fourth-order valence-electron chi connectivity index (χ4n) is 1.23. The van der Waals surface area contributed by atoms with Crippen LogP contribution in [-0.2, 0) is 9.53 Å². The fourth-order valence-corrected chi connectivity index (χ4v) is 1.23. The quantitative estimate of drug-likeness (QED) is 0.669. The van der Waals surface area contributed by atoms with Gasteiger partial charge >= 0.3 is 0 Å². The Morgan fingerprint density at radius 3 is 2.46 bits per heavy atom. The maximum Gasteiger partial charge on any atom is 0.225 e. The second-order valence-corrected chi connectivity index (χ2v) is 5.07. The Balaban J connectivity index is 2.53. The lowest BCUT2D eigenvalue weighted by atomic mass is 9.92. The molecule has 1 aliphatic rings. The molecular formula is C10H19NO2. The van der Waals surface area contributed by atoms with Crippen molar-refractivity contribution in [1.29, 1.82) is 0 Å². The van der Waals surface area contributed by atoms with E-state index in [9.17, 15) is 4.79 Å². The molecule has 0 aromatic carbocycles. The molecule has 0 aliphatic carbocycles. The van der Waals surface area contributed by atoms with Gasteiger partial charge in [-0.15, -0.1) is 0 Å². The Bertz CT molecular complexity index is 199. The molecule has 1 rings (SSSR count). The van der Waals surface area contributed by atoms with Crippen molar-refractivity contribution in [2.24, 2.45) is 5.41 Å². The predicted molar refractivity (Wildman–Crippen MR) is 51.4 cm³/mol. The molecule has 1 atom stereocenters. The second-order valence-electron chi connectivity index (χ2n) is 5.07. The molecule has 0 aromatic rings. The van der Waals surface area contributed by atoms with Gasteiger partial charge in [-0.05, 0) is 13.3 Å².